The number of carboxylic acids is 1. The third kappa shape index (κ3) is 5.28. The number of ether oxygens (including phenoxy) is 3. The molecule has 2 aromatic heterocycles. The van der Waals surface area contributed by atoms with Crippen LogP contribution < -0.4 is 14.2 Å². The molecule has 0 aliphatic heterocycles. The van der Waals surface area contributed by atoms with Crippen molar-refractivity contribution < 1.29 is 24.1 Å². The Hall–Kier alpha value is -3.52. The summed E-state index contributed by atoms with van der Waals surface area (Å²) in [6.07, 6.45) is 2.47. The molecule has 1 N–H and O–H groups in total. The lowest BCUT2D eigenvalue weighted by Gasteiger charge is -2.12. The molecule has 0 aliphatic carbocycles. The van der Waals surface area contributed by atoms with Crippen LogP contribution in [0.4, 0.5) is 0 Å². The summed E-state index contributed by atoms with van der Waals surface area (Å²) in [4.78, 5) is 16.8. The van der Waals surface area contributed by atoms with Crippen molar-refractivity contribution >= 4 is 28.2 Å². The lowest BCUT2D eigenvalue weighted by Crippen LogP contribution is -2.07. The minimum absolute atomic E-state index is 0.0609. The number of thiazole rings is 1. The fourth-order valence-corrected chi connectivity index (χ4v) is 4.41. The van der Waals surface area contributed by atoms with Crippen molar-refractivity contribution in [1.82, 2.24) is 9.55 Å². The van der Waals surface area contributed by atoms with Gasteiger partial charge in [-0.25, -0.2) is 4.98 Å². The lowest BCUT2D eigenvalue weighted by atomic mass is 10.2. The zero-order chi connectivity index (χ0) is 23.4. The number of aryl methyl sites for hydroxylation is 2. The summed E-state index contributed by atoms with van der Waals surface area (Å²) in [7, 11) is 1.63. The molecule has 0 saturated heterocycles. The van der Waals surface area contributed by atoms with E-state index in [1.165, 1.54) is 4.88 Å². The third-order valence-electron chi connectivity index (χ3n) is 5.30. The van der Waals surface area contributed by atoms with E-state index in [9.17, 15) is 4.79 Å². The smallest absolute Gasteiger partial charge is 0.323 e. The monoisotopic (exact) mass is 466 g/mol. The number of carbonyl (C=O) groups is 1. The maximum atomic E-state index is 11.0. The first-order valence-electron chi connectivity index (χ1n) is 10.6. The Morgan fingerprint density at radius 2 is 1.88 bits per heavy atom. The highest BCUT2D eigenvalue weighted by molar-refractivity contribution is 7.15. The van der Waals surface area contributed by atoms with Crippen molar-refractivity contribution in [2.24, 2.45) is 0 Å². The second kappa shape index (κ2) is 9.95. The van der Waals surface area contributed by atoms with Gasteiger partial charge < -0.3 is 23.9 Å². The van der Waals surface area contributed by atoms with E-state index in [2.05, 4.69) is 11.9 Å². The summed E-state index contributed by atoms with van der Waals surface area (Å²) in [6, 6.07) is 13.4. The van der Waals surface area contributed by atoms with E-state index in [0.717, 1.165) is 32.9 Å². The number of nitrogens with zero attached hydrogens (tertiary/aromatic N) is 2. The van der Waals surface area contributed by atoms with E-state index in [1.807, 2.05) is 49.4 Å². The first kappa shape index (κ1) is 22.7. The summed E-state index contributed by atoms with van der Waals surface area (Å²) >= 11 is 1.67. The Labute approximate surface area is 196 Å². The molecule has 172 valence electrons. The first-order valence-corrected chi connectivity index (χ1v) is 11.4. The number of hydrogen-bond acceptors (Lipinski definition) is 6. The summed E-state index contributed by atoms with van der Waals surface area (Å²) < 4.78 is 19.0. The number of aromatic nitrogens is 2. The van der Waals surface area contributed by atoms with E-state index < -0.39 is 5.97 Å². The Kier molecular flexibility index (Phi) is 6.84. The van der Waals surface area contributed by atoms with E-state index in [4.69, 9.17) is 19.3 Å². The molecule has 0 atom stereocenters. The number of aliphatic carboxylic acids is 1. The van der Waals surface area contributed by atoms with Crippen LogP contribution >= 0.6 is 11.3 Å². The Morgan fingerprint density at radius 1 is 1.06 bits per heavy atom. The van der Waals surface area contributed by atoms with Crippen LogP contribution in [0.3, 0.4) is 0 Å². The molecule has 0 fully saturated rings. The largest absolute Gasteiger partial charge is 0.493 e. The molecule has 0 bridgehead atoms. The van der Waals surface area contributed by atoms with E-state index in [1.54, 1.807) is 29.2 Å². The quantitative estimate of drug-likeness (QED) is 0.319. The van der Waals surface area contributed by atoms with Gasteiger partial charge >= 0.3 is 5.97 Å². The van der Waals surface area contributed by atoms with E-state index >= 15 is 0 Å². The van der Waals surface area contributed by atoms with Crippen LogP contribution in [0.2, 0.25) is 0 Å². The van der Waals surface area contributed by atoms with Gasteiger partial charge in [0.1, 0.15) is 17.3 Å². The summed E-state index contributed by atoms with van der Waals surface area (Å²) in [5.41, 5.74) is 2.93. The van der Waals surface area contributed by atoms with E-state index in [-0.39, 0.29) is 6.54 Å². The van der Waals surface area contributed by atoms with Crippen molar-refractivity contribution in [3.63, 3.8) is 0 Å². The number of carboxylic acid groups (broad SMARTS) is 1. The molecule has 0 radical (unpaired) electrons. The first-order chi connectivity index (χ1) is 15.9. The van der Waals surface area contributed by atoms with Crippen LogP contribution in [-0.4, -0.2) is 41.0 Å². The molecular formula is C25H26N2O5S. The van der Waals surface area contributed by atoms with Crippen LogP contribution in [0.5, 0.6) is 17.2 Å². The van der Waals surface area contributed by atoms with Gasteiger partial charge in [0.05, 0.1) is 26.0 Å². The van der Waals surface area contributed by atoms with Gasteiger partial charge in [-0.2, -0.15) is 0 Å². The summed E-state index contributed by atoms with van der Waals surface area (Å²) in [6.45, 7) is 5.01. The number of rotatable bonds is 10. The predicted octanol–water partition coefficient (Wildman–Crippen LogP) is 5.32. The van der Waals surface area contributed by atoms with Crippen LogP contribution in [0, 0.1) is 13.8 Å². The zero-order valence-corrected chi connectivity index (χ0v) is 19.6. The Bertz CT molecular complexity index is 1260. The highest BCUT2D eigenvalue weighted by atomic mass is 32.1. The number of methoxy groups -OCH3 is 1. The highest BCUT2D eigenvalue weighted by Crippen LogP contribution is 2.35. The number of fused-ring (bicyclic) bond motifs is 1. The Morgan fingerprint density at radius 3 is 2.61 bits per heavy atom. The second-order valence-corrected chi connectivity index (χ2v) is 8.84. The van der Waals surface area contributed by atoms with Gasteiger partial charge in [0.25, 0.3) is 0 Å². The minimum atomic E-state index is -0.868. The molecule has 2 heterocycles. The number of benzene rings is 2. The molecular weight excluding hydrogens is 440 g/mol. The predicted molar refractivity (Wildman–Crippen MR) is 129 cm³/mol. The van der Waals surface area contributed by atoms with Gasteiger partial charge in [0.2, 0.25) is 0 Å². The average Bonchev–Trinajstić information content (AvgIpc) is 3.35. The van der Waals surface area contributed by atoms with Crippen molar-refractivity contribution in [2.45, 2.75) is 26.8 Å². The van der Waals surface area contributed by atoms with Gasteiger partial charge in [0, 0.05) is 34.0 Å². The topological polar surface area (TPSA) is 82.8 Å². The van der Waals surface area contributed by atoms with Crippen molar-refractivity contribution in [3.05, 3.63) is 59.2 Å². The van der Waals surface area contributed by atoms with Crippen LogP contribution in [0.1, 0.15) is 17.0 Å². The maximum absolute atomic E-state index is 11.0. The van der Waals surface area contributed by atoms with Gasteiger partial charge in [-0.3, -0.25) is 4.79 Å². The van der Waals surface area contributed by atoms with Gasteiger partial charge in [-0.05, 0) is 56.3 Å². The maximum Gasteiger partial charge on any atom is 0.323 e. The van der Waals surface area contributed by atoms with Gasteiger partial charge in [0.15, 0.2) is 11.5 Å². The normalized spacial score (nSPS) is 11.0. The molecule has 4 rings (SSSR count). The average molecular weight is 467 g/mol. The molecule has 0 saturated carbocycles. The summed E-state index contributed by atoms with van der Waals surface area (Å²) in [5, 5.41) is 10.9. The molecule has 0 amide bonds. The fourth-order valence-electron chi connectivity index (χ4n) is 3.50. The van der Waals surface area contributed by atoms with Crippen molar-refractivity contribution in [3.8, 4) is 27.8 Å². The lowest BCUT2D eigenvalue weighted by molar-refractivity contribution is -0.137. The molecule has 0 aliphatic rings. The minimum Gasteiger partial charge on any atom is -0.493 e. The highest BCUT2D eigenvalue weighted by Gasteiger charge is 2.11. The van der Waals surface area contributed by atoms with Crippen LogP contribution in [-0.2, 0) is 11.3 Å². The fraction of sp³-hybridized carbons (Fsp3) is 0.280. The van der Waals surface area contributed by atoms with E-state index in [0.29, 0.717) is 31.1 Å². The summed E-state index contributed by atoms with van der Waals surface area (Å²) in [5.74, 6) is 1.24. The van der Waals surface area contributed by atoms with Gasteiger partial charge in [-0.15, -0.1) is 11.3 Å². The molecule has 0 spiro atoms. The molecule has 4 aromatic rings. The molecule has 33 heavy (non-hydrogen) atoms. The zero-order valence-electron chi connectivity index (χ0n) is 18.8. The van der Waals surface area contributed by atoms with Crippen LogP contribution in [0.15, 0.2) is 48.7 Å². The van der Waals surface area contributed by atoms with Crippen LogP contribution in [0.25, 0.3) is 21.5 Å². The third-order valence-corrected chi connectivity index (χ3v) is 6.42. The molecule has 7 nitrogen and oxygen atoms in total. The van der Waals surface area contributed by atoms with Crippen molar-refractivity contribution in [2.75, 3.05) is 20.3 Å². The van der Waals surface area contributed by atoms with Gasteiger partial charge in [-0.1, -0.05) is 0 Å². The molecule has 2 aromatic carbocycles. The second-order valence-electron chi connectivity index (χ2n) is 7.63. The Balaban J connectivity index is 1.30. The number of hydrogen-bond donors (Lipinski definition) is 1. The van der Waals surface area contributed by atoms with Crippen molar-refractivity contribution in [1.29, 1.82) is 0 Å². The SMILES string of the molecule is COc1cc(-c2nc(C)c(C)s2)ccc1OCCCOc1ccc2c(ccn2CC(=O)O)c1. The standard InChI is InChI=1S/C25H26N2O5S/c1-16-17(2)33-25(26-16)19-5-8-22(23(14-19)30-3)32-12-4-11-31-20-6-7-21-18(13-20)9-10-27(21)15-24(28)29/h5-10,13-14H,4,11-12,15H2,1-3H3,(H,28,29). The molecule has 8 heteroatoms. The molecule has 0 unspecified atom stereocenters.